The van der Waals surface area contributed by atoms with Crippen molar-refractivity contribution in [3.8, 4) is 0 Å². The fourth-order valence-electron chi connectivity index (χ4n) is 1.69. The van der Waals surface area contributed by atoms with Gasteiger partial charge < -0.3 is 16.3 Å². The van der Waals surface area contributed by atoms with Gasteiger partial charge in [-0.1, -0.05) is 32.7 Å². The Morgan fingerprint density at radius 3 is 2.52 bits per heavy atom. The number of amidine groups is 1. The lowest BCUT2D eigenvalue weighted by Crippen LogP contribution is -2.19. The molecule has 0 aliphatic carbocycles. The predicted octanol–water partition coefficient (Wildman–Crippen LogP) is 3.45. The molecule has 7 heteroatoms. The molecule has 0 fully saturated rings. The Bertz CT molecular complexity index is 702. The molecule has 0 radical (unpaired) electrons. The highest BCUT2D eigenvalue weighted by atomic mass is 79.9. The van der Waals surface area contributed by atoms with Gasteiger partial charge in [0.25, 0.3) is 5.91 Å². The van der Waals surface area contributed by atoms with Crippen molar-refractivity contribution < 1.29 is 10.0 Å². The third-order valence-electron chi connectivity index (χ3n) is 2.72. The molecule has 21 heavy (non-hydrogen) atoms. The van der Waals surface area contributed by atoms with E-state index in [1.54, 1.807) is 42.5 Å². The molecule has 0 bridgehead atoms. The molecule has 0 atom stereocenters. The number of anilines is 1. The molecule has 0 spiro atoms. The van der Waals surface area contributed by atoms with E-state index in [1.807, 2.05) is 0 Å². The molecule has 5 nitrogen and oxygen atoms in total. The van der Waals surface area contributed by atoms with Gasteiger partial charge in [0.2, 0.25) is 0 Å². The summed E-state index contributed by atoms with van der Waals surface area (Å²) in [4.78, 5) is 12.2. The Balaban J connectivity index is 2.32. The summed E-state index contributed by atoms with van der Waals surface area (Å²) in [6.07, 6.45) is 0. The second kappa shape index (κ2) is 6.60. The van der Waals surface area contributed by atoms with Gasteiger partial charge >= 0.3 is 0 Å². The number of halogens is 2. The minimum Gasteiger partial charge on any atom is -0.409 e. The van der Waals surface area contributed by atoms with Crippen LogP contribution in [0.15, 0.2) is 52.1 Å². The molecule has 0 saturated heterocycles. The normalized spacial score (nSPS) is 11.2. The number of hydrogen-bond donors (Lipinski definition) is 3. The van der Waals surface area contributed by atoms with Gasteiger partial charge in [-0.15, -0.1) is 0 Å². The summed E-state index contributed by atoms with van der Waals surface area (Å²) in [5, 5.41) is 15.0. The zero-order chi connectivity index (χ0) is 15.4. The van der Waals surface area contributed by atoms with Crippen molar-refractivity contribution in [2.24, 2.45) is 10.9 Å². The van der Waals surface area contributed by atoms with Crippen LogP contribution in [0.1, 0.15) is 15.9 Å². The zero-order valence-corrected chi connectivity index (χ0v) is 13.0. The number of amides is 1. The summed E-state index contributed by atoms with van der Waals surface area (Å²) < 4.78 is 0.753. The molecular weight excluding hydrogens is 358 g/mol. The minimum absolute atomic E-state index is 0.0890. The summed E-state index contributed by atoms with van der Waals surface area (Å²) in [5.41, 5.74) is 6.89. The van der Waals surface area contributed by atoms with Crippen molar-refractivity contribution in [3.05, 3.63) is 63.1 Å². The quantitative estimate of drug-likeness (QED) is 0.335. The molecular formula is C14H11BrClN3O2. The number of hydrogen-bond acceptors (Lipinski definition) is 3. The number of benzene rings is 2. The monoisotopic (exact) mass is 367 g/mol. The van der Waals surface area contributed by atoms with E-state index in [-0.39, 0.29) is 11.7 Å². The Morgan fingerprint density at radius 2 is 1.90 bits per heavy atom. The van der Waals surface area contributed by atoms with Crippen LogP contribution in [0.4, 0.5) is 5.69 Å². The van der Waals surface area contributed by atoms with Crippen molar-refractivity contribution >= 4 is 45.0 Å². The summed E-state index contributed by atoms with van der Waals surface area (Å²) in [7, 11) is 0. The maximum atomic E-state index is 12.2. The molecule has 2 aromatic rings. The SMILES string of the molecule is N/C(=N/O)c1ccc(Br)cc1NC(=O)c1ccc(Cl)cc1. The lowest BCUT2D eigenvalue weighted by atomic mass is 10.1. The number of rotatable bonds is 3. The number of nitrogens with one attached hydrogen (secondary N) is 1. The van der Waals surface area contributed by atoms with Crippen molar-refractivity contribution in [1.82, 2.24) is 0 Å². The largest absolute Gasteiger partial charge is 0.409 e. The molecule has 0 unspecified atom stereocenters. The van der Waals surface area contributed by atoms with E-state index in [9.17, 15) is 4.79 Å². The van der Waals surface area contributed by atoms with E-state index in [4.69, 9.17) is 22.5 Å². The van der Waals surface area contributed by atoms with E-state index in [0.717, 1.165) is 4.47 Å². The molecule has 0 aliphatic heterocycles. The van der Waals surface area contributed by atoms with Crippen LogP contribution >= 0.6 is 27.5 Å². The van der Waals surface area contributed by atoms with Crippen LogP contribution in [0, 0.1) is 0 Å². The first-order valence-corrected chi connectivity index (χ1v) is 7.02. The highest BCUT2D eigenvalue weighted by Gasteiger charge is 2.12. The number of nitrogens with zero attached hydrogens (tertiary/aromatic N) is 1. The van der Waals surface area contributed by atoms with Crippen LogP contribution < -0.4 is 11.1 Å². The molecule has 1 amide bonds. The number of carbonyl (C=O) groups is 1. The molecule has 2 rings (SSSR count). The predicted molar refractivity (Wildman–Crippen MR) is 86.1 cm³/mol. The van der Waals surface area contributed by atoms with Gasteiger partial charge in [0.15, 0.2) is 5.84 Å². The third kappa shape index (κ3) is 3.74. The Labute approximate surface area is 134 Å². The highest BCUT2D eigenvalue weighted by molar-refractivity contribution is 9.10. The van der Waals surface area contributed by atoms with Gasteiger partial charge in [0.1, 0.15) is 0 Å². The number of nitrogens with two attached hydrogens (primary N) is 1. The second-order valence-electron chi connectivity index (χ2n) is 4.14. The van der Waals surface area contributed by atoms with Crippen LogP contribution in [0.5, 0.6) is 0 Å². The van der Waals surface area contributed by atoms with Crippen LogP contribution in [0.25, 0.3) is 0 Å². The Kier molecular flexibility index (Phi) is 4.82. The van der Waals surface area contributed by atoms with Gasteiger partial charge in [0, 0.05) is 20.6 Å². The molecule has 108 valence electrons. The first kappa shape index (κ1) is 15.3. The van der Waals surface area contributed by atoms with Crippen molar-refractivity contribution in [2.75, 3.05) is 5.32 Å². The van der Waals surface area contributed by atoms with Crippen LogP contribution in [-0.4, -0.2) is 17.0 Å². The van der Waals surface area contributed by atoms with Gasteiger partial charge in [-0.25, -0.2) is 0 Å². The average molecular weight is 369 g/mol. The first-order valence-electron chi connectivity index (χ1n) is 5.85. The highest BCUT2D eigenvalue weighted by Crippen LogP contribution is 2.22. The molecule has 4 N–H and O–H groups in total. The lowest BCUT2D eigenvalue weighted by Gasteiger charge is -2.11. The minimum atomic E-state index is -0.322. The number of oxime groups is 1. The maximum Gasteiger partial charge on any atom is 0.255 e. The van der Waals surface area contributed by atoms with Crippen LogP contribution in [0.3, 0.4) is 0 Å². The molecule has 0 aromatic heterocycles. The Hall–Kier alpha value is -2.05. The van der Waals surface area contributed by atoms with Crippen LogP contribution in [0.2, 0.25) is 5.02 Å². The average Bonchev–Trinajstić information content (AvgIpc) is 2.47. The second-order valence-corrected chi connectivity index (χ2v) is 5.49. The van der Waals surface area contributed by atoms with E-state index < -0.39 is 0 Å². The fraction of sp³-hybridized carbons (Fsp3) is 0. The molecule has 0 heterocycles. The van der Waals surface area contributed by atoms with Crippen molar-refractivity contribution in [1.29, 1.82) is 0 Å². The maximum absolute atomic E-state index is 12.2. The van der Waals surface area contributed by atoms with E-state index in [0.29, 0.717) is 21.8 Å². The lowest BCUT2D eigenvalue weighted by molar-refractivity contribution is 0.102. The Morgan fingerprint density at radius 1 is 1.24 bits per heavy atom. The smallest absolute Gasteiger partial charge is 0.255 e. The van der Waals surface area contributed by atoms with E-state index in [1.165, 1.54) is 0 Å². The summed E-state index contributed by atoms with van der Waals surface area (Å²) in [6, 6.07) is 11.5. The third-order valence-corrected chi connectivity index (χ3v) is 3.47. The van der Waals surface area contributed by atoms with Gasteiger partial charge in [-0.05, 0) is 42.5 Å². The van der Waals surface area contributed by atoms with Gasteiger partial charge in [-0.3, -0.25) is 4.79 Å². The summed E-state index contributed by atoms with van der Waals surface area (Å²) >= 11 is 9.10. The standard InChI is InChI=1S/C14H11BrClN3O2/c15-9-3-6-11(13(17)19-21)12(7-9)18-14(20)8-1-4-10(16)5-2-8/h1-7,21H,(H2,17,19)(H,18,20). The number of carbonyl (C=O) groups excluding carboxylic acids is 1. The summed E-state index contributed by atoms with van der Waals surface area (Å²) in [5.74, 6) is -0.411. The molecule has 0 saturated carbocycles. The van der Waals surface area contributed by atoms with E-state index in [2.05, 4.69) is 26.4 Å². The van der Waals surface area contributed by atoms with Crippen molar-refractivity contribution in [3.63, 3.8) is 0 Å². The van der Waals surface area contributed by atoms with Crippen molar-refractivity contribution in [2.45, 2.75) is 0 Å². The fourth-order valence-corrected chi connectivity index (χ4v) is 2.18. The first-order chi connectivity index (χ1) is 10.0. The van der Waals surface area contributed by atoms with Crippen LogP contribution in [-0.2, 0) is 0 Å². The topological polar surface area (TPSA) is 87.7 Å². The van der Waals surface area contributed by atoms with E-state index >= 15 is 0 Å². The molecule has 2 aromatic carbocycles. The molecule has 0 aliphatic rings. The zero-order valence-electron chi connectivity index (χ0n) is 10.7. The van der Waals surface area contributed by atoms with Gasteiger partial charge in [-0.2, -0.15) is 0 Å². The van der Waals surface area contributed by atoms with Gasteiger partial charge in [0.05, 0.1) is 5.69 Å². The summed E-state index contributed by atoms with van der Waals surface area (Å²) in [6.45, 7) is 0.